The number of aliphatic hydroxyl groups is 1. The summed E-state index contributed by atoms with van der Waals surface area (Å²) < 4.78 is 5.40. The summed E-state index contributed by atoms with van der Waals surface area (Å²) in [5.41, 5.74) is 0.0115. The van der Waals surface area contributed by atoms with E-state index in [9.17, 15) is 5.11 Å². The standard InChI is InChI=1S/C14H30O2/c1-6-7-8-9-10-11-12(15)13(16-5)14(2,3)4/h12-13,15H,6-11H2,1-5H3. The molecule has 16 heavy (non-hydrogen) atoms. The Labute approximate surface area is 101 Å². The molecule has 0 fully saturated rings. The fourth-order valence-electron chi connectivity index (χ4n) is 2.20. The Morgan fingerprint density at radius 2 is 1.62 bits per heavy atom. The number of unbranched alkanes of at least 4 members (excludes halogenated alkanes) is 4. The molecule has 2 heteroatoms. The van der Waals surface area contributed by atoms with Gasteiger partial charge in [-0.25, -0.2) is 0 Å². The van der Waals surface area contributed by atoms with E-state index in [0.717, 1.165) is 12.8 Å². The molecule has 0 saturated heterocycles. The van der Waals surface area contributed by atoms with Gasteiger partial charge in [-0.3, -0.25) is 0 Å². The SMILES string of the molecule is CCCCCCCC(O)C(OC)C(C)(C)C. The fourth-order valence-corrected chi connectivity index (χ4v) is 2.20. The van der Waals surface area contributed by atoms with Crippen LogP contribution in [0.2, 0.25) is 0 Å². The second-order valence-corrected chi connectivity index (χ2v) is 5.79. The van der Waals surface area contributed by atoms with E-state index in [1.54, 1.807) is 7.11 Å². The van der Waals surface area contributed by atoms with Gasteiger partial charge in [0.15, 0.2) is 0 Å². The molecular formula is C14H30O2. The van der Waals surface area contributed by atoms with Crippen molar-refractivity contribution in [3.8, 4) is 0 Å². The molecule has 98 valence electrons. The lowest BCUT2D eigenvalue weighted by Crippen LogP contribution is -2.39. The number of rotatable bonds is 8. The summed E-state index contributed by atoms with van der Waals surface area (Å²) >= 11 is 0. The number of ether oxygens (including phenoxy) is 1. The van der Waals surface area contributed by atoms with E-state index in [4.69, 9.17) is 4.74 Å². The zero-order valence-corrected chi connectivity index (χ0v) is 11.8. The van der Waals surface area contributed by atoms with Gasteiger partial charge in [-0.1, -0.05) is 59.8 Å². The van der Waals surface area contributed by atoms with E-state index in [1.807, 2.05) is 0 Å². The van der Waals surface area contributed by atoms with Gasteiger partial charge in [-0.05, 0) is 11.8 Å². The summed E-state index contributed by atoms with van der Waals surface area (Å²) in [6.45, 7) is 8.56. The molecule has 0 rings (SSSR count). The van der Waals surface area contributed by atoms with E-state index in [0.29, 0.717) is 0 Å². The van der Waals surface area contributed by atoms with E-state index in [2.05, 4.69) is 27.7 Å². The van der Waals surface area contributed by atoms with Gasteiger partial charge in [0.1, 0.15) is 0 Å². The Morgan fingerprint density at radius 1 is 1.06 bits per heavy atom. The zero-order chi connectivity index (χ0) is 12.6. The summed E-state index contributed by atoms with van der Waals surface area (Å²) in [5.74, 6) is 0. The summed E-state index contributed by atoms with van der Waals surface area (Å²) in [7, 11) is 1.69. The van der Waals surface area contributed by atoms with E-state index < -0.39 is 0 Å². The van der Waals surface area contributed by atoms with E-state index in [1.165, 1.54) is 25.7 Å². The Hall–Kier alpha value is -0.0800. The first-order valence-corrected chi connectivity index (χ1v) is 6.64. The Balaban J connectivity index is 3.81. The molecule has 0 spiro atoms. The van der Waals surface area contributed by atoms with Crippen LogP contribution < -0.4 is 0 Å². The van der Waals surface area contributed by atoms with Crippen LogP contribution in [0, 0.1) is 5.41 Å². The Bertz CT molecular complexity index is 161. The molecule has 0 aliphatic heterocycles. The number of aliphatic hydroxyl groups excluding tert-OH is 1. The summed E-state index contributed by atoms with van der Waals surface area (Å²) in [6.07, 6.45) is 6.68. The minimum absolute atomic E-state index is 0.0115. The van der Waals surface area contributed by atoms with Gasteiger partial charge in [0.05, 0.1) is 12.2 Å². The van der Waals surface area contributed by atoms with Crippen LogP contribution >= 0.6 is 0 Å². The highest BCUT2D eigenvalue weighted by molar-refractivity contribution is 4.80. The lowest BCUT2D eigenvalue weighted by atomic mass is 9.84. The van der Waals surface area contributed by atoms with Crippen LogP contribution in [0.25, 0.3) is 0 Å². The highest BCUT2D eigenvalue weighted by Gasteiger charge is 2.30. The molecule has 0 heterocycles. The number of hydrogen-bond donors (Lipinski definition) is 1. The van der Waals surface area contributed by atoms with Gasteiger partial charge in [0.25, 0.3) is 0 Å². The highest BCUT2D eigenvalue weighted by atomic mass is 16.5. The Morgan fingerprint density at radius 3 is 2.06 bits per heavy atom. The topological polar surface area (TPSA) is 29.5 Å². The second kappa shape index (κ2) is 8.08. The third kappa shape index (κ3) is 6.49. The molecule has 0 saturated carbocycles. The average molecular weight is 230 g/mol. The zero-order valence-electron chi connectivity index (χ0n) is 11.8. The largest absolute Gasteiger partial charge is 0.390 e. The Kier molecular flexibility index (Phi) is 8.04. The summed E-state index contributed by atoms with van der Waals surface area (Å²) in [6, 6.07) is 0. The molecule has 2 unspecified atom stereocenters. The van der Waals surface area contributed by atoms with Crippen molar-refractivity contribution >= 4 is 0 Å². The van der Waals surface area contributed by atoms with Crippen LogP contribution in [0.15, 0.2) is 0 Å². The molecule has 2 nitrogen and oxygen atoms in total. The van der Waals surface area contributed by atoms with Crippen LogP contribution in [-0.4, -0.2) is 24.4 Å². The first-order chi connectivity index (χ1) is 7.43. The molecule has 0 aromatic carbocycles. The average Bonchev–Trinajstić information content (AvgIpc) is 2.16. The second-order valence-electron chi connectivity index (χ2n) is 5.79. The predicted octanol–water partition coefficient (Wildman–Crippen LogP) is 3.77. The van der Waals surface area contributed by atoms with Crippen molar-refractivity contribution in [2.75, 3.05) is 7.11 Å². The molecule has 0 bridgehead atoms. The van der Waals surface area contributed by atoms with Crippen LogP contribution in [-0.2, 0) is 4.74 Å². The lowest BCUT2D eigenvalue weighted by Gasteiger charge is -2.33. The molecule has 1 N–H and O–H groups in total. The molecule has 2 atom stereocenters. The maximum absolute atomic E-state index is 10.1. The van der Waals surface area contributed by atoms with Crippen LogP contribution in [0.5, 0.6) is 0 Å². The smallest absolute Gasteiger partial charge is 0.0878 e. The van der Waals surface area contributed by atoms with E-state index >= 15 is 0 Å². The van der Waals surface area contributed by atoms with Crippen molar-refractivity contribution in [2.45, 2.75) is 78.4 Å². The maximum Gasteiger partial charge on any atom is 0.0878 e. The third-order valence-corrected chi connectivity index (χ3v) is 3.06. The van der Waals surface area contributed by atoms with Crippen molar-refractivity contribution in [2.24, 2.45) is 5.41 Å². The van der Waals surface area contributed by atoms with Crippen LogP contribution in [0.1, 0.15) is 66.2 Å². The lowest BCUT2D eigenvalue weighted by molar-refractivity contribution is -0.0738. The fraction of sp³-hybridized carbons (Fsp3) is 1.00. The van der Waals surface area contributed by atoms with Gasteiger partial charge >= 0.3 is 0 Å². The molecule has 0 aromatic rings. The van der Waals surface area contributed by atoms with Gasteiger partial charge in [-0.2, -0.15) is 0 Å². The predicted molar refractivity (Wildman–Crippen MR) is 69.6 cm³/mol. The first-order valence-electron chi connectivity index (χ1n) is 6.64. The van der Waals surface area contributed by atoms with Crippen LogP contribution in [0.4, 0.5) is 0 Å². The van der Waals surface area contributed by atoms with Crippen molar-refractivity contribution in [1.29, 1.82) is 0 Å². The molecule has 0 aliphatic carbocycles. The first kappa shape index (κ1) is 15.9. The van der Waals surface area contributed by atoms with Crippen molar-refractivity contribution in [1.82, 2.24) is 0 Å². The third-order valence-electron chi connectivity index (χ3n) is 3.06. The summed E-state index contributed by atoms with van der Waals surface area (Å²) in [4.78, 5) is 0. The molecule has 0 radical (unpaired) electrons. The minimum atomic E-state index is -0.327. The van der Waals surface area contributed by atoms with E-state index in [-0.39, 0.29) is 17.6 Å². The van der Waals surface area contributed by atoms with Crippen LogP contribution in [0.3, 0.4) is 0 Å². The van der Waals surface area contributed by atoms with Crippen molar-refractivity contribution in [3.05, 3.63) is 0 Å². The molecular weight excluding hydrogens is 200 g/mol. The van der Waals surface area contributed by atoms with Gasteiger partial charge in [0, 0.05) is 7.11 Å². The number of methoxy groups -OCH3 is 1. The van der Waals surface area contributed by atoms with Gasteiger partial charge < -0.3 is 9.84 Å². The number of hydrogen-bond acceptors (Lipinski definition) is 2. The molecule has 0 aliphatic rings. The highest BCUT2D eigenvalue weighted by Crippen LogP contribution is 2.26. The molecule has 0 aromatic heterocycles. The van der Waals surface area contributed by atoms with Gasteiger partial charge in [-0.15, -0.1) is 0 Å². The normalized spacial score (nSPS) is 16.1. The van der Waals surface area contributed by atoms with Gasteiger partial charge in [0.2, 0.25) is 0 Å². The molecule has 0 amide bonds. The monoisotopic (exact) mass is 230 g/mol. The summed E-state index contributed by atoms with van der Waals surface area (Å²) in [5, 5.41) is 10.1. The maximum atomic E-state index is 10.1. The van der Waals surface area contributed by atoms with Crippen molar-refractivity contribution < 1.29 is 9.84 Å². The van der Waals surface area contributed by atoms with Crippen molar-refractivity contribution in [3.63, 3.8) is 0 Å². The minimum Gasteiger partial charge on any atom is -0.390 e. The quantitative estimate of drug-likeness (QED) is 0.643.